The number of nitrogens with one attached hydrogen (secondary N) is 1. The van der Waals surface area contributed by atoms with Crippen molar-refractivity contribution in [2.45, 2.75) is 20.3 Å². The molecule has 0 aliphatic carbocycles. The van der Waals surface area contributed by atoms with Crippen LogP contribution in [0.1, 0.15) is 18.9 Å². The molecule has 4 nitrogen and oxygen atoms in total. The lowest BCUT2D eigenvalue weighted by molar-refractivity contribution is 0.468. The Balaban J connectivity index is 1.97. The lowest BCUT2D eigenvalue weighted by atomic mass is 10.2. The van der Waals surface area contributed by atoms with Crippen molar-refractivity contribution in [3.05, 3.63) is 41.3 Å². The summed E-state index contributed by atoms with van der Waals surface area (Å²) < 4.78 is 5.97. The van der Waals surface area contributed by atoms with E-state index in [0.717, 1.165) is 34.5 Å². The van der Waals surface area contributed by atoms with Crippen LogP contribution in [0.4, 0.5) is 5.95 Å². The van der Waals surface area contributed by atoms with Gasteiger partial charge in [-0.3, -0.25) is 0 Å². The van der Waals surface area contributed by atoms with E-state index in [0.29, 0.717) is 11.8 Å². The summed E-state index contributed by atoms with van der Waals surface area (Å²) in [6.07, 6.45) is 1.03. The van der Waals surface area contributed by atoms with Gasteiger partial charge < -0.3 is 10.1 Å². The van der Waals surface area contributed by atoms with E-state index in [1.165, 1.54) is 0 Å². The number of benzene rings is 1. The van der Waals surface area contributed by atoms with E-state index in [-0.39, 0.29) is 0 Å². The molecule has 2 heterocycles. The Morgan fingerprint density at radius 2 is 2.14 bits per heavy atom. The molecule has 0 aliphatic rings. The maximum Gasteiger partial charge on any atom is 0.232 e. The molecule has 1 aromatic carbocycles. The van der Waals surface area contributed by atoms with Gasteiger partial charge in [-0.05, 0) is 42.5 Å². The van der Waals surface area contributed by atoms with Gasteiger partial charge in [-0.2, -0.15) is 4.98 Å². The molecule has 0 spiro atoms. The fraction of sp³-hybridized carbons (Fsp3) is 0.250. The zero-order chi connectivity index (χ0) is 14.7. The van der Waals surface area contributed by atoms with Crippen LogP contribution in [0.2, 0.25) is 0 Å². The summed E-state index contributed by atoms with van der Waals surface area (Å²) >= 11 is 1.59. The highest BCUT2D eigenvalue weighted by molar-refractivity contribution is 7.16. The molecule has 1 N–H and O–H groups in total. The lowest BCUT2D eigenvalue weighted by Gasteiger charge is -2.09. The highest BCUT2D eigenvalue weighted by Crippen LogP contribution is 2.31. The number of nitrogens with zero attached hydrogens (tertiary/aromatic N) is 2. The largest absolute Gasteiger partial charge is 0.438 e. The van der Waals surface area contributed by atoms with Gasteiger partial charge in [0.1, 0.15) is 10.6 Å². The normalized spacial score (nSPS) is 10.8. The zero-order valence-electron chi connectivity index (χ0n) is 12.1. The van der Waals surface area contributed by atoms with Gasteiger partial charge in [-0.1, -0.05) is 19.1 Å². The van der Waals surface area contributed by atoms with E-state index in [2.05, 4.69) is 22.2 Å². The summed E-state index contributed by atoms with van der Waals surface area (Å²) in [6, 6.07) is 9.95. The van der Waals surface area contributed by atoms with Crippen LogP contribution in [0, 0.1) is 6.92 Å². The van der Waals surface area contributed by atoms with Crippen molar-refractivity contribution in [1.29, 1.82) is 0 Å². The maximum absolute atomic E-state index is 5.97. The number of ether oxygens (including phenoxy) is 1. The Hall–Kier alpha value is -2.14. The molecule has 108 valence electrons. The number of hydrogen-bond acceptors (Lipinski definition) is 5. The first-order valence-electron chi connectivity index (χ1n) is 7.00. The van der Waals surface area contributed by atoms with Crippen molar-refractivity contribution in [3.63, 3.8) is 0 Å². The van der Waals surface area contributed by atoms with Crippen molar-refractivity contribution < 1.29 is 4.74 Å². The fourth-order valence-electron chi connectivity index (χ4n) is 2.01. The summed E-state index contributed by atoms with van der Waals surface area (Å²) in [4.78, 5) is 9.94. The van der Waals surface area contributed by atoms with Crippen LogP contribution in [0.15, 0.2) is 35.7 Å². The zero-order valence-corrected chi connectivity index (χ0v) is 12.9. The standard InChI is InChI=1S/C16H17N3OS/c1-3-8-17-16-18-14(13-7-9-21-15(13)19-16)20-12-6-4-5-11(2)10-12/h4-7,9-10H,3,8H2,1-2H3,(H,17,18,19). The summed E-state index contributed by atoms with van der Waals surface area (Å²) in [5.41, 5.74) is 1.16. The van der Waals surface area contributed by atoms with Gasteiger partial charge in [-0.15, -0.1) is 11.3 Å². The molecule has 0 amide bonds. The second-order valence-electron chi connectivity index (χ2n) is 4.84. The predicted octanol–water partition coefficient (Wildman–Crippen LogP) is 4.61. The molecular formula is C16H17N3OS. The van der Waals surface area contributed by atoms with Crippen LogP contribution >= 0.6 is 11.3 Å². The fourth-order valence-corrected chi connectivity index (χ4v) is 2.77. The molecule has 3 rings (SSSR count). The minimum Gasteiger partial charge on any atom is -0.438 e. The van der Waals surface area contributed by atoms with Crippen LogP contribution < -0.4 is 10.1 Å². The minimum atomic E-state index is 0.602. The number of aryl methyl sites for hydroxylation is 1. The van der Waals surface area contributed by atoms with Gasteiger partial charge >= 0.3 is 0 Å². The van der Waals surface area contributed by atoms with Crippen molar-refractivity contribution >= 4 is 27.5 Å². The minimum absolute atomic E-state index is 0.602. The summed E-state index contributed by atoms with van der Waals surface area (Å²) in [6.45, 7) is 5.00. The molecule has 0 saturated heterocycles. The Morgan fingerprint density at radius 1 is 1.24 bits per heavy atom. The van der Waals surface area contributed by atoms with Crippen LogP contribution in [-0.4, -0.2) is 16.5 Å². The first-order valence-corrected chi connectivity index (χ1v) is 7.88. The van der Waals surface area contributed by atoms with E-state index < -0.39 is 0 Å². The van der Waals surface area contributed by atoms with E-state index >= 15 is 0 Å². The second kappa shape index (κ2) is 6.10. The van der Waals surface area contributed by atoms with Gasteiger partial charge in [0.25, 0.3) is 0 Å². The van der Waals surface area contributed by atoms with E-state index in [1.54, 1.807) is 11.3 Å². The van der Waals surface area contributed by atoms with Crippen molar-refractivity contribution in [1.82, 2.24) is 9.97 Å². The first kappa shape index (κ1) is 13.8. The highest BCUT2D eigenvalue weighted by Gasteiger charge is 2.11. The molecule has 0 saturated carbocycles. The number of fused-ring (bicyclic) bond motifs is 1. The van der Waals surface area contributed by atoms with E-state index in [9.17, 15) is 0 Å². The third kappa shape index (κ3) is 3.13. The predicted molar refractivity (Wildman–Crippen MR) is 87.4 cm³/mol. The highest BCUT2D eigenvalue weighted by atomic mass is 32.1. The Labute approximate surface area is 127 Å². The smallest absolute Gasteiger partial charge is 0.232 e. The first-order chi connectivity index (χ1) is 10.3. The number of aromatic nitrogens is 2. The Kier molecular flexibility index (Phi) is 4.01. The summed E-state index contributed by atoms with van der Waals surface area (Å²) in [7, 11) is 0. The number of anilines is 1. The van der Waals surface area contributed by atoms with E-state index in [1.807, 2.05) is 42.6 Å². The molecule has 0 radical (unpaired) electrons. The van der Waals surface area contributed by atoms with Crippen LogP contribution in [0.25, 0.3) is 10.2 Å². The van der Waals surface area contributed by atoms with E-state index in [4.69, 9.17) is 4.74 Å². The lowest BCUT2D eigenvalue weighted by Crippen LogP contribution is -2.04. The Bertz CT molecular complexity index is 754. The summed E-state index contributed by atoms with van der Waals surface area (Å²) in [5, 5.41) is 6.17. The Morgan fingerprint density at radius 3 is 2.95 bits per heavy atom. The molecule has 0 atom stereocenters. The van der Waals surface area contributed by atoms with Crippen molar-refractivity contribution in [3.8, 4) is 11.6 Å². The average molecular weight is 299 g/mol. The quantitative estimate of drug-likeness (QED) is 0.747. The van der Waals surface area contributed by atoms with Crippen LogP contribution in [0.5, 0.6) is 11.6 Å². The third-order valence-electron chi connectivity index (χ3n) is 3.03. The molecule has 0 aliphatic heterocycles. The summed E-state index contributed by atoms with van der Waals surface area (Å²) in [5.74, 6) is 2.02. The number of thiophene rings is 1. The molecular weight excluding hydrogens is 282 g/mol. The van der Waals surface area contributed by atoms with Crippen LogP contribution in [-0.2, 0) is 0 Å². The second-order valence-corrected chi connectivity index (χ2v) is 5.73. The third-order valence-corrected chi connectivity index (χ3v) is 3.83. The SMILES string of the molecule is CCCNc1nc(Oc2cccc(C)c2)c2ccsc2n1. The molecule has 0 bridgehead atoms. The monoisotopic (exact) mass is 299 g/mol. The maximum atomic E-state index is 5.97. The van der Waals surface area contributed by atoms with Gasteiger partial charge in [0.05, 0.1) is 5.39 Å². The van der Waals surface area contributed by atoms with Gasteiger partial charge in [0.2, 0.25) is 11.8 Å². The van der Waals surface area contributed by atoms with Gasteiger partial charge in [0.15, 0.2) is 0 Å². The van der Waals surface area contributed by atoms with Crippen molar-refractivity contribution in [2.24, 2.45) is 0 Å². The van der Waals surface area contributed by atoms with Gasteiger partial charge in [0, 0.05) is 6.54 Å². The molecule has 2 aromatic heterocycles. The molecule has 21 heavy (non-hydrogen) atoms. The van der Waals surface area contributed by atoms with Crippen LogP contribution in [0.3, 0.4) is 0 Å². The number of hydrogen-bond donors (Lipinski definition) is 1. The number of rotatable bonds is 5. The van der Waals surface area contributed by atoms with Gasteiger partial charge in [-0.25, -0.2) is 4.98 Å². The molecule has 0 unspecified atom stereocenters. The molecule has 5 heteroatoms. The van der Waals surface area contributed by atoms with Crippen molar-refractivity contribution in [2.75, 3.05) is 11.9 Å². The molecule has 3 aromatic rings. The topological polar surface area (TPSA) is 47.0 Å². The molecule has 0 fully saturated rings. The average Bonchev–Trinajstić information content (AvgIpc) is 2.94.